The number of sulfonamides is 1. The van der Waals surface area contributed by atoms with Crippen LogP contribution in [-0.4, -0.2) is 68.3 Å². The largest absolute Gasteiger partial charge is 0.450 e. The van der Waals surface area contributed by atoms with Crippen molar-refractivity contribution in [3.05, 3.63) is 45.8 Å². The Bertz CT molecular complexity index is 1310. The lowest BCUT2D eigenvalue weighted by molar-refractivity contribution is 0.0961. The molecule has 0 spiro atoms. The first-order valence-electron chi connectivity index (χ1n) is 12.9. The van der Waals surface area contributed by atoms with E-state index in [2.05, 4.69) is 10.6 Å². The lowest BCUT2D eigenvalue weighted by Crippen LogP contribution is -2.43. The van der Waals surface area contributed by atoms with Gasteiger partial charge in [-0.1, -0.05) is 13.3 Å². The maximum Gasteiger partial charge on any atom is 0.410 e. The number of carbonyl (C=O) groups excluding carboxylic acids is 3. The van der Waals surface area contributed by atoms with E-state index in [0.717, 1.165) is 36.1 Å². The molecule has 38 heavy (non-hydrogen) atoms. The molecule has 2 aliphatic rings. The minimum Gasteiger partial charge on any atom is -0.450 e. The van der Waals surface area contributed by atoms with Crippen LogP contribution in [0.15, 0.2) is 29.2 Å². The zero-order valence-electron chi connectivity index (χ0n) is 21.9. The highest BCUT2D eigenvalue weighted by atomic mass is 32.2. The minimum atomic E-state index is -3.66. The Morgan fingerprint density at radius 2 is 1.82 bits per heavy atom. The molecule has 10 nitrogen and oxygen atoms in total. The molecule has 1 aromatic heterocycles. The third-order valence-corrected chi connectivity index (χ3v) is 10.1. The van der Waals surface area contributed by atoms with Gasteiger partial charge in [0, 0.05) is 36.6 Å². The molecule has 0 saturated carbocycles. The van der Waals surface area contributed by atoms with Crippen molar-refractivity contribution in [2.75, 3.05) is 32.1 Å². The summed E-state index contributed by atoms with van der Waals surface area (Å²) in [7, 11) is -2.13. The van der Waals surface area contributed by atoms with Gasteiger partial charge in [0.05, 0.1) is 23.6 Å². The van der Waals surface area contributed by atoms with Crippen LogP contribution >= 0.6 is 11.3 Å². The molecule has 1 atom stereocenters. The van der Waals surface area contributed by atoms with Crippen LogP contribution < -0.4 is 10.6 Å². The van der Waals surface area contributed by atoms with Gasteiger partial charge >= 0.3 is 6.09 Å². The van der Waals surface area contributed by atoms with Gasteiger partial charge in [-0.2, -0.15) is 4.31 Å². The lowest BCUT2D eigenvalue weighted by Gasteiger charge is -2.34. The van der Waals surface area contributed by atoms with Gasteiger partial charge in [-0.15, -0.1) is 11.3 Å². The molecule has 0 radical (unpaired) electrons. The van der Waals surface area contributed by atoms with E-state index in [1.165, 1.54) is 42.6 Å². The summed E-state index contributed by atoms with van der Waals surface area (Å²) in [5.74, 6) is -0.778. The van der Waals surface area contributed by atoms with E-state index < -0.39 is 22.0 Å². The quantitative estimate of drug-likeness (QED) is 0.529. The fraction of sp³-hybridized carbons (Fsp3) is 0.500. The maximum absolute atomic E-state index is 13.3. The molecule has 1 fully saturated rings. The molecule has 3 amide bonds. The molecule has 2 N–H and O–H groups in total. The molecule has 0 bridgehead atoms. The number of fused-ring (bicyclic) bond motifs is 1. The Morgan fingerprint density at radius 1 is 1.08 bits per heavy atom. The number of rotatable bonds is 7. The highest BCUT2D eigenvalue weighted by Crippen LogP contribution is 2.37. The van der Waals surface area contributed by atoms with Crippen molar-refractivity contribution in [3.63, 3.8) is 0 Å². The summed E-state index contributed by atoms with van der Waals surface area (Å²) in [5, 5.41) is 5.85. The number of thiophene rings is 1. The number of piperidine rings is 1. The number of ether oxygens (including phenoxy) is 1. The van der Waals surface area contributed by atoms with Gasteiger partial charge in [0.15, 0.2) is 0 Å². The van der Waals surface area contributed by atoms with Gasteiger partial charge in [-0.05, 0) is 62.4 Å². The summed E-state index contributed by atoms with van der Waals surface area (Å²) in [6.45, 7) is 5.21. The molecule has 3 heterocycles. The van der Waals surface area contributed by atoms with Gasteiger partial charge in [0.1, 0.15) is 5.00 Å². The third kappa shape index (κ3) is 5.57. The van der Waals surface area contributed by atoms with E-state index in [4.69, 9.17) is 4.74 Å². The molecule has 4 rings (SSSR count). The van der Waals surface area contributed by atoms with Gasteiger partial charge in [-0.25, -0.2) is 13.2 Å². The maximum atomic E-state index is 13.3. The minimum absolute atomic E-state index is 0.00975. The predicted molar refractivity (Wildman–Crippen MR) is 145 cm³/mol. The first kappa shape index (κ1) is 28.1. The second-order valence-electron chi connectivity index (χ2n) is 9.31. The van der Waals surface area contributed by atoms with E-state index in [1.807, 2.05) is 6.92 Å². The Hall–Kier alpha value is -2.96. The van der Waals surface area contributed by atoms with Crippen LogP contribution in [0, 0.1) is 0 Å². The van der Waals surface area contributed by atoms with Crippen molar-refractivity contribution >= 4 is 44.3 Å². The van der Waals surface area contributed by atoms with Gasteiger partial charge in [0.25, 0.3) is 11.8 Å². The van der Waals surface area contributed by atoms with E-state index in [0.29, 0.717) is 36.6 Å². The Labute approximate surface area is 227 Å². The van der Waals surface area contributed by atoms with E-state index in [-0.39, 0.29) is 29.0 Å². The zero-order chi connectivity index (χ0) is 27.4. The monoisotopic (exact) mass is 562 g/mol. The molecular formula is C26H34N4O6S2. The fourth-order valence-corrected chi connectivity index (χ4v) is 8.04. The van der Waals surface area contributed by atoms with E-state index >= 15 is 0 Å². The molecule has 0 aliphatic carbocycles. The van der Waals surface area contributed by atoms with Crippen molar-refractivity contribution in [2.24, 2.45) is 0 Å². The normalized spacial score (nSPS) is 18.0. The summed E-state index contributed by atoms with van der Waals surface area (Å²) in [6.07, 6.45) is 3.53. The number of nitrogens with zero attached hydrogens (tertiary/aromatic N) is 2. The van der Waals surface area contributed by atoms with Crippen molar-refractivity contribution in [3.8, 4) is 0 Å². The van der Waals surface area contributed by atoms with Crippen LogP contribution in [-0.2, 0) is 27.7 Å². The molecule has 2 aliphatic heterocycles. The smallest absolute Gasteiger partial charge is 0.410 e. The van der Waals surface area contributed by atoms with Crippen LogP contribution in [0.4, 0.5) is 9.80 Å². The first-order chi connectivity index (χ1) is 18.2. The van der Waals surface area contributed by atoms with Crippen LogP contribution in [0.5, 0.6) is 0 Å². The number of carbonyl (C=O) groups is 3. The fourth-order valence-electron chi connectivity index (χ4n) is 5.01. The first-order valence-corrected chi connectivity index (χ1v) is 15.2. The predicted octanol–water partition coefficient (Wildman–Crippen LogP) is 3.83. The van der Waals surface area contributed by atoms with Gasteiger partial charge < -0.3 is 20.3 Å². The third-order valence-electron chi connectivity index (χ3n) is 7.03. The Balaban J connectivity index is 1.54. The average molecular weight is 563 g/mol. The van der Waals surface area contributed by atoms with Crippen LogP contribution in [0.1, 0.15) is 70.7 Å². The second kappa shape index (κ2) is 11.8. The molecule has 12 heteroatoms. The van der Waals surface area contributed by atoms with Crippen molar-refractivity contribution in [2.45, 2.75) is 63.4 Å². The number of hydrogen-bond donors (Lipinski definition) is 2. The topological polar surface area (TPSA) is 125 Å². The van der Waals surface area contributed by atoms with Crippen LogP contribution in [0.3, 0.4) is 0 Å². The van der Waals surface area contributed by atoms with Crippen LogP contribution in [0.2, 0.25) is 0 Å². The summed E-state index contributed by atoms with van der Waals surface area (Å²) in [4.78, 5) is 40.6. The molecule has 2 aromatic rings. The molecular weight excluding hydrogens is 528 g/mol. The zero-order valence-corrected chi connectivity index (χ0v) is 23.5. The molecule has 1 unspecified atom stereocenters. The number of benzene rings is 1. The Kier molecular flexibility index (Phi) is 8.74. The number of hydrogen-bond acceptors (Lipinski definition) is 7. The summed E-state index contributed by atoms with van der Waals surface area (Å²) < 4.78 is 33.2. The van der Waals surface area contributed by atoms with Crippen molar-refractivity contribution in [1.82, 2.24) is 14.5 Å². The number of nitrogens with one attached hydrogen (secondary N) is 2. The SMILES string of the molecule is CCOC(=O)N1CCc2c(sc(NC(=O)c3ccc(S(=O)(=O)N4CCCCC4CC)cc3)c2C(=O)NC)C1. The standard InChI is InChI=1S/C26H34N4O6S2/c1-4-18-8-6-7-14-30(18)38(34,35)19-11-9-17(10-12-19)23(31)28-25-22(24(32)27-3)20-13-15-29(16-21(20)37-25)26(33)36-5-2/h9-12,18H,4-8,13-16H2,1-3H3,(H,27,32)(H,28,31). The number of anilines is 1. The highest BCUT2D eigenvalue weighted by molar-refractivity contribution is 7.89. The molecule has 1 saturated heterocycles. The van der Waals surface area contributed by atoms with Crippen molar-refractivity contribution in [1.29, 1.82) is 0 Å². The lowest BCUT2D eigenvalue weighted by atomic mass is 10.0. The Morgan fingerprint density at radius 3 is 2.47 bits per heavy atom. The molecule has 1 aromatic carbocycles. The van der Waals surface area contributed by atoms with Gasteiger partial charge in [-0.3, -0.25) is 9.59 Å². The summed E-state index contributed by atoms with van der Waals surface area (Å²) in [6, 6.07) is 5.89. The van der Waals surface area contributed by atoms with Gasteiger partial charge in [0.2, 0.25) is 10.0 Å². The van der Waals surface area contributed by atoms with Crippen molar-refractivity contribution < 1.29 is 27.5 Å². The summed E-state index contributed by atoms with van der Waals surface area (Å²) in [5.41, 5.74) is 1.47. The van der Waals surface area contributed by atoms with E-state index in [1.54, 1.807) is 16.1 Å². The number of amides is 3. The second-order valence-corrected chi connectivity index (χ2v) is 12.3. The van der Waals surface area contributed by atoms with Crippen LogP contribution in [0.25, 0.3) is 0 Å². The van der Waals surface area contributed by atoms with E-state index in [9.17, 15) is 22.8 Å². The molecule has 206 valence electrons. The highest BCUT2D eigenvalue weighted by Gasteiger charge is 2.33. The summed E-state index contributed by atoms with van der Waals surface area (Å²) >= 11 is 1.25. The average Bonchev–Trinajstić information content (AvgIpc) is 3.29.